The van der Waals surface area contributed by atoms with Crippen LogP contribution in [0.1, 0.15) is 40.0 Å². The first-order chi connectivity index (χ1) is 6.47. The molecular formula is C12H26N2. The van der Waals surface area contributed by atoms with Gasteiger partial charge in [0.1, 0.15) is 0 Å². The molecule has 14 heavy (non-hydrogen) atoms. The van der Waals surface area contributed by atoms with Crippen molar-refractivity contribution >= 4 is 0 Å². The van der Waals surface area contributed by atoms with Crippen LogP contribution in [0.4, 0.5) is 0 Å². The zero-order valence-electron chi connectivity index (χ0n) is 10.2. The lowest BCUT2D eigenvalue weighted by Gasteiger charge is -2.29. The summed E-state index contributed by atoms with van der Waals surface area (Å²) in [6.45, 7) is 9.21. The molecule has 0 aromatic carbocycles. The van der Waals surface area contributed by atoms with Gasteiger partial charge in [0.2, 0.25) is 0 Å². The van der Waals surface area contributed by atoms with Crippen molar-refractivity contribution in [3.8, 4) is 0 Å². The van der Waals surface area contributed by atoms with Crippen LogP contribution < -0.4 is 5.73 Å². The summed E-state index contributed by atoms with van der Waals surface area (Å²) in [6.07, 6.45) is 3.84. The number of hydrogen-bond acceptors (Lipinski definition) is 2. The second-order valence-electron chi connectivity index (χ2n) is 5.58. The van der Waals surface area contributed by atoms with Crippen molar-refractivity contribution in [3.05, 3.63) is 0 Å². The smallest absolute Gasteiger partial charge is 0.0131 e. The molecule has 1 fully saturated rings. The normalized spacial score (nSPS) is 31.3. The van der Waals surface area contributed by atoms with Crippen LogP contribution in [0.25, 0.3) is 0 Å². The van der Waals surface area contributed by atoms with Gasteiger partial charge in [0.05, 0.1) is 0 Å². The van der Waals surface area contributed by atoms with Crippen LogP contribution in [0.2, 0.25) is 0 Å². The van der Waals surface area contributed by atoms with Crippen molar-refractivity contribution in [1.29, 1.82) is 0 Å². The molecule has 0 aliphatic heterocycles. The Hall–Kier alpha value is -0.0800. The van der Waals surface area contributed by atoms with Crippen molar-refractivity contribution in [1.82, 2.24) is 4.90 Å². The molecule has 0 heterocycles. The van der Waals surface area contributed by atoms with Crippen LogP contribution in [-0.4, -0.2) is 31.1 Å². The van der Waals surface area contributed by atoms with E-state index in [0.29, 0.717) is 17.4 Å². The molecule has 0 spiro atoms. The Morgan fingerprint density at radius 3 is 2.50 bits per heavy atom. The summed E-state index contributed by atoms with van der Waals surface area (Å²) in [5.41, 5.74) is 6.63. The standard InChI is InChI=1S/C12H26N2/c1-5-8-14(4)9-10-6-7-12(2,3)11(10)13/h10-11H,5-9,13H2,1-4H3. The zero-order valence-corrected chi connectivity index (χ0v) is 10.2. The lowest BCUT2D eigenvalue weighted by atomic mass is 9.85. The van der Waals surface area contributed by atoms with E-state index in [1.807, 2.05) is 0 Å². The molecule has 1 aliphatic rings. The number of hydrogen-bond donors (Lipinski definition) is 1. The fourth-order valence-corrected chi connectivity index (χ4v) is 2.62. The van der Waals surface area contributed by atoms with E-state index in [-0.39, 0.29) is 0 Å². The summed E-state index contributed by atoms with van der Waals surface area (Å²) in [4.78, 5) is 2.42. The molecule has 2 atom stereocenters. The molecule has 0 aromatic rings. The van der Waals surface area contributed by atoms with Gasteiger partial charge in [-0.25, -0.2) is 0 Å². The van der Waals surface area contributed by atoms with E-state index in [2.05, 4.69) is 32.7 Å². The second kappa shape index (κ2) is 4.63. The van der Waals surface area contributed by atoms with Crippen molar-refractivity contribution in [2.45, 2.75) is 46.1 Å². The van der Waals surface area contributed by atoms with Crippen LogP contribution >= 0.6 is 0 Å². The van der Waals surface area contributed by atoms with E-state index in [1.165, 1.54) is 32.4 Å². The highest BCUT2D eigenvalue weighted by Gasteiger charge is 2.39. The lowest BCUT2D eigenvalue weighted by molar-refractivity contribution is 0.234. The Morgan fingerprint density at radius 2 is 2.07 bits per heavy atom. The maximum Gasteiger partial charge on any atom is 0.0131 e. The van der Waals surface area contributed by atoms with Crippen molar-refractivity contribution in [2.24, 2.45) is 17.1 Å². The quantitative estimate of drug-likeness (QED) is 0.749. The van der Waals surface area contributed by atoms with E-state index >= 15 is 0 Å². The van der Waals surface area contributed by atoms with Crippen LogP contribution in [0.3, 0.4) is 0 Å². The Balaban J connectivity index is 2.40. The first-order valence-electron chi connectivity index (χ1n) is 5.91. The van der Waals surface area contributed by atoms with Gasteiger partial charge in [-0.2, -0.15) is 0 Å². The van der Waals surface area contributed by atoms with Crippen molar-refractivity contribution in [3.63, 3.8) is 0 Å². The van der Waals surface area contributed by atoms with Gasteiger partial charge in [-0.1, -0.05) is 20.8 Å². The van der Waals surface area contributed by atoms with Gasteiger partial charge in [0, 0.05) is 12.6 Å². The largest absolute Gasteiger partial charge is 0.327 e. The fourth-order valence-electron chi connectivity index (χ4n) is 2.62. The molecule has 0 bridgehead atoms. The number of nitrogens with zero attached hydrogens (tertiary/aromatic N) is 1. The first kappa shape index (κ1) is 12.0. The molecule has 2 unspecified atom stereocenters. The van der Waals surface area contributed by atoms with Crippen molar-refractivity contribution < 1.29 is 0 Å². The molecule has 2 nitrogen and oxygen atoms in total. The van der Waals surface area contributed by atoms with Crippen LogP contribution in [0, 0.1) is 11.3 Å². The maximum atomic E-state index is 6.27. The van der Waals surface area contributed by atoms with E-state index in [0.717, 1.165) is 0 Å². The Bertz CT molecular complexity index is 177. The van der Waals surface area contributed by atoms with Gasteiger partial charge in [0.15, 0.2) is 0 Å². The lowest BCUT2D eigenvalue weighted by Crippen LogP contribution is -2.41. The molecule has 1 rings (SSSR count). The molecular weight excluding hydrogens is 172 g/mol. The molecule has 2 N–H and O–H groups in total. The summed E-state index contributed by atoms with van der Waals surface area (Å²) in [5.74, 6) is 0.710. The van der Waals surface area contributed by atoms with Gasteiger partial charge in [-0.05, 0) is 44.2 Å². The second-order valence-corrected chi connectivity index (χ2v) is 5.58. The van der Waals surface area contributed by atoms with Crippen LogP contribution in [0.15, 0.2) is 0 Å². The number of rotatable bonds is 4. The average molecular weight is 198 g/mol. The summed E-state index contributed by atoms with van der Waals surface area (Å²) >= 11 is 0. The van der Waals surface area contributed by atoms with E-state index in [4.69, 9.17) is 5.73 Å². The third-order valence-corrected chi connectivity index (χ3v) is 3.72. The molecule has 2 heteroatoms. The molecule has 0 aromatic heterocycles. The van der Waals surface area contributed by atoms with Crippen LogP contribution in [0.5, 0.6) is 0 Å². The van der Waals surface area contributed by atoms with E-state index < -0.39 is 0 Å². The highest BCUT2D eigenvalue weighted by molar-refractivity contribution is 4.94. The summed E-state index contributed by atoms with van der Waals surface area (Å²) < 4.78 is 0. The molecule has 0 amide bonds. The van der Waals surface area contributed by atoms with Crippen molar-refractivity contribution in [2.75, 3.05) is 20.1 Å². The fraction of sp³-hybridized carbons (Fsp3) is 1.00. The summed E-state index contributed by atoms with van der Waals surface area (Å²) in [5, 5.41) is 0. The maximum absolute atomic E-state index is 6.27. The predicted octanol–water partition coefficient (Wildman–Crippen LogP) is 2.09. The first-order valence-corrected chi connectivity index (χ1v) is 5.91. The van der Waals surface area contributed by atoms with Gasteiger partial charge >= 0.3 is 0 Å². The van der Waals surface area contributed by atoms with E-state index in [9.17, 15) is 0 Å². The van der Waals surface area contributed by atoms with Gasteiger partial charge < -0.3 is 10.6 Å². The highest BCUT2D eigenvalue weighted by Crippen LogP contribution is 2.40. The third-order valence-electron chi connectivity index (χ3n) is 3.72. The van der Waals surface area contributed by atoms with Gasteiger partial charge in [-0.3, -0.25) is 0 Å². The Kier molecular flexibility index (Phi) is 3.96. The zero-order chi connectivity index (χ0) is 10.8. The van der Waals surface area contributed by atoms with Gasteiger partial charge in [-0.15, -0.1) is 0 Å². The minimum absolute atomic E-state index is 0.359. The SMILES string of the molecule is CCCN(C)CC1CCC(C)(C)C1N. The van der Waals surface area contributed by atoms with Gasteiger partial charge in [0.25, 0.3) is 0 Å². The summed E-state index contributed by atoms with van der Waals surface area (Å²) in [6, 6.07) is 0.391. The summed E-state index contributed by atoms with van der Waals surface area (Å²) in [7, 11) is 2.21. The predicted molar refractivity (Wildman–Crippen MR) is 62.3 cm³/mol. The van der Waals surface area contributed by atoms with E-state index in [1.54, 1.807) is 0 Å². The number of nitrogens with two attached hydrogens (primary N) is 1. The minimum atomic E-state index is 0.359. The minimum Gasteiger partial charge on any atom is -0.327 e. The average Bonchev–Trinajstić information content (AvgIpc) is 2.33. The van der Waals surface area contributed by atoms with Crippen LogP contribution in [-0.2, 0) is 0 Å². The third kappa shape index (κ3) is 2.71. The molecule has 0 saturated heterocycles. The molecule has 1 saturated carbocycles. The Labute approximate surface area is 88.8 Å². The highest BCUT2D eigenvalue weighted by atomic mass is 15.1. The Morgan fingerprint density at radius 1 is 1.43 bits per heavy atom. The topological polar surface area (TPSA) is 29.3 Å². The molecule has 84 valence electrons. The molecule has 0 radical (unpaired) electrons. The monoisotopic (exact) mass is 198 g/mol. The molecule has 1 aliphatic carbocycles.